The Kier molecular flexibility index (Phi) is 7.32. The number of nitrogens with zero attached hydrogens (tertiary/aromatic N) is 2. The highest BCUT2D eigenvalue weighted by Gasteiger charge is 2.24. The van der Waals surface area contributed by atoms with Gasteiger partial charge < -0.3 is 18.9 Å². The molecule has 2 rings (SSSR count). The molecule has 2 aromatic rings. The first-order valence-corrected chi connectivity index (χ1v) is 10.8. The van der Waals surface area contributed by atoms with Gasteiger partial charge in [-0.25, -0.2) is 13.1 Å². The van der Waals surface area contributed by atoms with Gasteiger partial charge in [-0.05, 0) is 44.5 Å². The summed E-state index contributed by atoms with van der Waals surface area (Å²) in [6.07, 6.45) is 1.45. The number of carbonyl (C=O) groups is 1. The zero-order chi connectivity index (χ0) is 21.8. The van der Waals surface area contributed by atoms with E-state index in [1.165, 1.54) is 16.8 Å². The molecule has 0 fully saturated rings. The van der Waals surface area contributed by atoms with Crippen LogP contribution in [0.1, 0.15) is 36.8 Å². The molecule has 0 radical (unpaired) electrons. The number of aromatic nitrogens is 1. The molecule has 1 aromatic heterocycles. The van der Waals surface area contributed by atoms with E-state index in [1.54, 1.807) is 46.1 Å². The number of sulfonamides is 1. The van der Waals surface area contributed by atoms with Crippen LogP contribution in [-0.2, 0) is 23.6 Å². The number of ether oxygens (including phenoxy) is 2. The fourth-order valence-corrected chi connectivity index (χ4v) is 4.28. The number of benzene rings is 1. The van der Waals surface area contributed by atoms with Crippen molar-refractivity contribution in [3.8, 4) is 11.5 Å². The molecule has 29 heavy (non-hydrogen) atoms. The number of hydrogen-bond acceptors (Lipinski definition) is 5. The average Bonchev–Trinajstić information content (AvgIpc) is 3.07. The normalized spacial score (nSPS) is 11.6. The third-order valence-corrected chi connectivity index (χ3v) is 6.02. The van der Waals surface area contributed by atoms with Crippen LogP contribution in [0.5, 0.6) is 11.5 Å². The Morgan fingerprint density at radius 3 is 2.38 bits per heavy atom. The summed E-state index contributed by atoms with van der Waals surface area (Å²) in [5.41, 5.74) is 1.18. The second-order valence-corrected chi connectivity index (χ2v) is 8.67. The number of rotatable bonds is 9. The molecule has 9 heteroatoms. The summed E-state index contributed by atoms with van der Waals surface area (Å²) >= 11 is 0. The maximum atomic E-state index is 13.1. The van der Waals surface area contributed by atoms with Gasteiger partial charge in [0.25, 0.3) is 5.91 Å². The number of hydrogen-bond donors (Lipinski definition) is 1. The quantitative estimate of drug-likeness (QED) is 0.669. The highest BCUT2D eigenvalue weighted by molar-refractivity contribution is 7.89. The van der Waals surface area contributed by atoms with Crippen molar-refractivity contribution in [2.24, 2.45) is 7.05 Å². The fraction of sp³-hybridized carbons (Fsp3) is 0.450. The number of amides is 1. The van der Waals surface area contributed by atoms with Crippen molar-refractivity contribution in [1.82, 2.24) is 14.2 Å². The van der Waals surface area contributed by atoms with E-state index in [0.717, 1.165) is 5.56 Å². The Labute approximate surface area is 172 Å². The van der Waals surface area contributed by atoms with E-state index in [2.05, 4.69) is 4.72 Å². The first kappa shape index (κ1) is 22.8. The molecule has 0 spiro atoms. The van der Waals surface area contributed by atoms with Crippen molar-refractivity contribution in [2.45, 2.75) is 38.3 Å². The van der Waals surface area contributed by atoms with E-state index >= 15 is 0 Å². The number of carbonyl (C=O) groups excluding carboxylic acids is 1. The Morgan fingerprint density at radius 2 is 1.83 bits per heavy atom. The van der Waals surface area contributed by atoms with Gasteiger partial charge >= 0.3 is 0 Å². The van der Waals surface area contributed by atoms with Gasteiger partial charge in [-0.3, -0.25) is 4.79 Å². The van der Waals surface area contributed by atoms with Crippen LogP contribution in [0.3, 0.4) is 0 Å². The summed E-state index contributed by atoms with van der Waals surface area (Å²) in [6.45, 7) is 6.18. The number of methoxy groups -OCH3 is 2. The summed E-state index contributed by atoms with van der Waals surface area (Å²) in [5.74, 6) is 0.942. The monoisotopic (exact) mass is 423 g/mol. The number of aryl methyl sites for hydroxylation is 1. The van der Waals surface area contributed by atoms with Gasteiger partial charge in [0.1, 0.15) is 10.6 Å². The lowest BCUT2D eigenvalue weighted by molar-refractivity contribution is 0.0743. The molecule has 0 aliphatic heterocycles. The molecule has 0 bridgehead atoms. The van der Waals surface area contributed by atoms with Crippen LogP contribution < -0.4 is 14.2 Å². The molecule has 0 unspecified atom stereocenters. The summed E-state index contributed by atoms with van der Waals surface area (Å²) in [5, 5.41) is 0. The predicted octanol–water partition coefficient (Wildman–Crippen LogP) is 2.39. The molecule has 8 nitrogen and oxygen atoms in total. The topological polar surface area (TPSA) is 89.9 Å². The fourth-order valence-electron chi connectivity index (χ4n) is 2.96. The van der Waals surface area contributed by atoms with E-state index in [1.807, 2.05) is 19.1 Å². The molecule has 1 N–H and O–H groups in total. The molecule has 0 aliphatic carbocycles. The molecule has 1 amide bonds. The van der Waals surface area contributed by atoms with Gasteiger partial charge in [0.15, 0.2) is 11.5 Å². The van der Waals surface area contributed by atoms with Crippen LogP contribution in [0.4, 0.5) is 0 Å². The summed E-state index contributed by atoms with van der Waals surface area (Å²) < 4.78 is 39.5. The van der Waals surface area contributed by atoms with Crippen LogP contribution in [0.15, 0.2) is 35.4 Å². The molecule has 0 saturated carbocycles. The smallest absolute Gasteiger partial charge is 0.270 e. The van der Waals surface area contributed by atoms with Crippen molar-refractivity contribution in [2.75, 3.05) is 20.8 Å². The van der Waals surface area contributed by atoms with Crippen LogP contribution in [0.25, 0.3) is 0 Å². The van der Waals surface area contributed by atoms with Crippen LogP contribution in [-0.4, -0.2) is 50.6 Å². The SMILES string of the molecule is CCN(Cc1ccc(OC)c(OC)c1)C(=O)c1cc(S(=O)(=O)NC(C)C)cn1C. The Bertz CT molecular complexity index is 966. The van der Waals surface area contributed by atoms with E-state index in [9.17, 15) is 13.2 Å². The highest BCUT2D eigenvalue weighted by atomic mass is 32.2. The summed E-state index contributed by atoms with van der Waals surface area (Å²) in [6, 6.07) is 6.64. The third-order valence-electron chi connectivity index (χ3n) is 4.39. The van der Waals surface area contributed by atoms with Crippen molar-refractivity contribution in [1.29, 1.82) is 0 Å². The van der Waals surface area contributed by atoms with E-state index in [-0.39, 0.29) is 16.8 Å². The first-order chi connectivity index (χ1) is 13.6. The lowest BCUT2D eigenvalue weighted by Gasteiger charge is -2.22. The maximum Gasteiger partial charge on any atom is 0.270 e. The Hall–Kier alpha value is -2.52. The molecule has 1 heterocycles. The largest absolute Gasteiger partial charge is 0.493 e. The van der Waals surface area contributed by atoms with Crippen LogP contribution in [0.2, 0.25) is 0 Å². The van der Waals surface area contributed by atoms with Gasteiger partial charge in [0, 0.05) is 32.4 Å². The zero-order valence-electron chi connectivity index (χ0n) is 17.7. The van der Waals surface area contributed by atoms with Crippen molar-refractivity contribution in [3.05, 3.63) is 41.7 Å². The zero-order valence-corrected chi connectivity index (χ0v) is 18.5. The standard InChI is InChI=1S/C20H29N3O5S/c1-7-23(12-15-8-9-18(27-5)19(10-15)28-6)20(24)17-11-16(13-22(17)4)29(25,26)21-14(2)3/h8-11,13-14,21H,7,12H2,1-6H3. The van der Waals surface area contributed by atoms with Crippen LogP contribution in [0, 0.1) is 0 Å². The molecule has 0 aliphatic rings. The van der Waals surface area contributed by atoms with Gasteiger partial charge in [0.2, 0.25) is 10.0 Å². The van der Waals surface area contributed by atoms with Gasteiger partial charge in [-0.2, -0.15) is 0 Å². The summed E-state index contributed by atoms with van der Waals surface area (Å²) in [4.78, 5) is 14.8. The van der Waals surface area contributed by atoms with Gasteiger partial charge in [-0.15, -0.1) is 0 Å². The minimum Gasteiger partial charge on any atom is -0.493 e. The van der Waals surface area contributed by atoms with Crippen LogP contribution >= 0.6 is 0 Å². The minimum absolute atomic E-state index is 0.0687. The third kappa shape index (κ3) is 5.30. The van der Waals surface area contributed by atoms with Crippen molar-refractivity contribution in [3.63, 3.8) is 0 Å². The molecular formula is C20H29N3O5S. The van der Waals surface area contributed by atoms with Gasteiger partial charge in [0.05, 0.1) is 14.2 Å². The summed E-state index contributed by atoms with van der Waals surface area (Å²) in [7, 11) is 1.10. The minimum atomic E-state index is -3.67. The second kappa shape index (κ2) is 9.32. The van der Waals surface area contributed by atoms with Gasteiger partial charge in [-0.1, -0.05) is 6.07 Å². The van der Waals surface area contributed by atoms with E-state index in [0.29, 0.717) is 30.3 Å². The maximum absolute atomic E-state index is 13.1. The lowest BCUT2D eigenvalue weighted by atomic mass is 10.1. The Balaban J connectivity index is 2.28. The first-order valence-electron chi connectivity index (χ1n) is 9.31. The van der Waals surface area contributed by atoms with E-state index < -0.39 is 10.0 Å². The average molecular weight is 424 g/mol. The van der Waals surface area contributed by atoms with E-state index in [4.69, 9.17) is 9.47 Å². The molecular weight excluding hydrogens is 394 g/mol. The highest BCUT2D eigenvalue weighted by Crippen LogP contribution is 2.28. The van der Waals surface area contributed by atoms with Crippen molar-refractivity contribution >= 4 is 15.9 Å². The molecule has 0 saturated heterocycles. The lowest BCUT2D eigenvalue weighted by Crippen LogP contribution is -2.31. The molecule has 0 atom stereocenters. The molecule has 1 aromatic carbocycles. The second-order valence-electron chi connectivity index (χ2n) is 6.96. The predicted molar refractivity (Wildman–Crippen MR) is 111 cm³/mol. The van der Waals surface area contributed by atoms with Crippen molar-refractivity contribution < 1.29 is 22.7 Å². The number of nitrogens with one attached hydrogen (secondary N) is 1. The Morgan fingerprint density at radius 1 is 1.17 bits per heavy atom. The molecule has 160 valence electrons.